The number of rotatable bonds is 3. The molecule has 1 amide bonds. The molecule has 0 radical (unpaired) electrons. The van der Waals surface area contributed by atoms with Crippen LogP contribution in [0.1, 0.15) is 12.8 Å². The Balaban J connectivity index is 1.57. The minimum absolute atomic E-state index is 0.201. The number of benzene rings is 1. The van der Waals surface area contributed by atoms with Crippen molar-refractivity contribution in [2.75, 3.05) is 18.4 Å². The van der Waals surface area contributed by atoms with Gasteiger partial charge in [-0.1, -0.05) is 24.3 Å². The Hall–Kier alpha value is -2.56. The molecule has 0 saturated carbocycles. The second kappa shape index (κ2) is 6.93. The van der Waals surface area contributed by atoms with Gasteiger partial charge in [0.25, 0.3) is 0 Å². The van der Waals surface area contributed by atoms with Crippen molar-refractivity contribution < 1.29 is 9.53 Å². The van der Waals surface area contributed by atoms with Gasteiger partial charge in [-0.3, -0.25) is 0 Å². The highest BCUT2D eigenvalue weighted by molar-refractivity contribution is 5.70. The first-order valence-electron chi connectivity index (χ1n) is 7.50. The summed E-state index contributed by atoms with van der Waals surface area (Å²) in [6, 6.07) is 15.1. The quantitative estimate of drug-likeness (QED) is 0.945. The van der Waals surface area contributed by atoms with Gasteiger partial charge in [0.05, 0.1) is 0 Å². The largest absolute Gasteiger partial charge is 0.415 e. The minimum atomic E-state index is -0.293. The normalized spacial score (nSPS) is 17.8. The van der Waals surface area contributed by atoms with Crippen molar-refractivity contribution in [1.82, 2.24) is 9.88 Å². The molecule has 1 fully saturated rings. The summed E-state index contributed by atoms with van der Waals surface area (Å²) in [4.78, 5) is 18.2. The van der Waals surface area contributed by atoms with E-state index in [1.165, 1.54) is 0 Å². The third kappa shape index (κ3) is 3.75. The molecule has 1 atom stereocenters. The number of hydrogen-bond donors (Lipinski definition) is 1. The standard InChI is InChI=1S/C17H19N3O2/c21-17(22-15-8-2-1-3-9-15)20-12-6-7-14(13-20)19-16-10-4-5-11-18-16/h1-5,8-11,14H,6-7,12-13H2,(H,18,19). The number of ether oxygens (including phenoxy) is 1. The van der Waals surface area contributed by atoms with Crippen LogP contribution >= 0.6 is 0 Å². The fourth-order valence-corrected chi connectivity index (χ4v) is 2.57. The minimum Gasteiger partial charge on any atom is -0.410 e. The SMILES string of the molecule is O=C(Oc1ccccc1)N1CCCC(Nc2ccccn2)C1. The Kier molecular flexibility index (Phi) is 4.53. The average Bonchev–Trinajstić information content (AvgIpc) is 2.57. The van der Waals surface area contributed by atoms with Crippen LogP contribution in [0.25, 0.3) is 0 Å². The number of hydrogen-bond acceptors (Lipinski definition) is 4. The molecule has 1 aromatic carbocycles. The molecule has 22 heavy (non-hydrogen) atoms. The van der Waals surface area contributed by atoms with Crippen molar-refractivity contribution in [2.24, 2.45) is 0 Å². The highest BCUT2D eigenvalue weighted by Gasteiger charge is 2.25. The van der Waals surface area contributed by atoms with Gasteiger partial charge in [0.15, 0.2) is 0 Å². The van der Waals surface area contributed by atoms with Gasteiger partial charge >= 0.3 is 6.09 Å². The van der Waals surface area contributed by atoms with Crippen LogP contribution < -0.4 is 10.1 Å². The maximum atomic E-state index is 12.2. The van der Waals surface area contributed by atoms with E-state index in [0.29, 0.717) is 12.3 Å². The van der Waals surface area contributed by atoms with Gasteiger partial charge in [-0.25, -0.2) is 9.78 Å². The van der Waals surface area contributed by atoms with Crippen molar-refractivity contribution in [3.8, 4) is 5.75 Å². The second-order valence-corrected chi connectivity index (χ2v) is 5.33. The average molecular weight is 297 g/mol. The molecule has 1 aliphatic heterocycles. The second-order valence-electron chi connectivity index (χ2n) is 5.33. The first-order chi connectivity index (χ1) is 10.8. The summed E-state index contributed by atoms with van der Waals surface area (Å²) in [5, 5.41) is 3.37. The number of para-hydroxylation sites is 1. The predicted octanol–water partition coefficient (Wildman–Crippen LogP) is 3.16. The lowest BCUT2D eigenvalue weighted by Gasteiger charge is -2.32. The highest BCUT2D eigenvalue weighted by atomic mass is 16.6. The fraction of sp³-hybridized carbons (Fsp3) is 0.294. The van der Waals surface area contributed by atoms with Crippen LogP contribution in [0.4, 0.5) is 10.6 Å². The molecule has 5 nitrogen and oxygen atoms in total. The maximum Gasteiger partial charge on any atom is 0.415 e. The lowest BCUT2D eigenvalue weighted by Crippen LogP contribution is -2.46. The number of nitrogens with zero attached hydrogens (tertiary/aromatic N) is 2. The summed E-state index contributed by atoms with van der Waals surface area (Å²) < 4.78 is 5.40. The van der Waals surface area contributed by atoms with Crippen molar-refractivity contribution in [1.29, 1.82) is 0 Å². The Morgan fingerprint density at radius 3 is 2.77 bits per heavy atom. The van der Waals surface area contributed by atoms with E-state index in [2.05, 4.69) is 10.3 Å². The molecule has 1 aromatic heterocycles. The van der Waals surface area contributed by atoms with Crippen LogP contribution in [0.15, 0.2) is 54.7 Å². The molecule has 5 heteroatoms. The van der Waals surface area contributed by atoms with Gasteiger partial charge in [-0.15, -0.1) is 0 Å². The lowest BCUT2D eigenvalue weighted by atomic mass is 10.1. The van der Waals surface area contributed by atoms with E-state index in [0.717, 1.165) is 25.2 Å². The molecule has 3 rings (SSSR count). The zero-order valence-corrected chi connectivity index (χ0v) is 12.3. The monoisotopic (exact) mass is 297 g/mol. The smallest absolute Gasteiger partial charge is 0.410 e. The maximum absolute atomic E-state index is 12.2. The van der Waals surface area contributed by atoms with Gasteiger partial charge in [0.2, 0.25) is 0 Å². The Morgan fingerprint density at radius 2 is 2.00 bits per heavy atom. The van der Waals surface area contributed by atoms with Crippen molar-refractivity contribution >= 4 is 11.9 Å². The zero-order valence-electron chi connectivity index (χ0n) is 12.3. The highest BCUT2D eigenvalue weighted by Crippen LogP contribution is 2.17. The van der Waals surface area contributed by atoms with E-state index in [1.807, 2.05) is 36.4 Å². The van der Waals surface area contributed by atoms with Gasteiger partial charge < -0.3 is 15.0 Å². The number of likely N-dealkylation sites (tertiary alicyclic amines) is 1. The number of amides is 1. The van der Waals surface area contributed by atoms with E-state index in [1.54, 1.807) is 23.2 Å². The number of pyridine rings is 1. The van der Waals surface area contributed by atoms with Crippen LogP contribution in [0, 0.1) is 0 Å². The Labute approximate surface area is 129 Å². The van der Waals surface area contributed by atoms with Crippen molar-refractivity contribution in [2.45, 2.75) is 18.9 Å². The van der Waals surface area contributed by atoms with E-state index >= 15 is 0 Å². The van der Waals surface area contributed by atoms with Gasteiger partial charge in [0.1, 0.15) is 11.6 Å². The summed E-state index contributed by atoms with van der Waals surface area (Å²) in [7, 11) is 0. The summed E-state index contributed by atoms with van der Waals surface area (Å²) >= 11 is 0. The van der Waals surface area contributed by atoms with Gasteiger partial charge in [-0.05, 0) is 37.1 Å². The number of anilines is 1. The topological polar surface area (TPSA) is 54.5 Å². The van der Waals surface area contributed by atoms with Crippen LogP contribution in [0.2, 0.25) is 0 Å². The molecule has 1 unspecified atom stereocenters. The number of nitrogens with one attached hydrogen (secondary N) is 1. The van der Waals surface area contributed by atoms with Crippen LogP contribution in [0.3, 0.4) is 0 Å². The zero-order chi connectivity index (χ0) is 15.2. The Bertz CT molecular complexity index is 604. The van der Waals surface area contributed by atoms with Crippen molar-refractivity contribution in [3.05, 3.63) is 54.7 Å². The summed E-state index contributed by atoms with van der Waals surface area (Å²) in [5.74, 6) is 1.41. The Morgan fingerprint density at radius 1 is 1.18 bits per heavy atom. The molecule has 2 heterocycles. The number of carbonyl (C=O) groups excluding carboxylic acids is 1. The lowest BCUT2D eigenvalue weighted by molar-refractivity contribution is 0.139. The molecule has 0 aliphatic carbocycles. The van der Waals surface area contributed by atoms with Crippen molar-refractivity contribution in [3.63, 3.8) is 0 Å². The van der Waals surface area contributed by atoms with Gasteiger partial charge in [0, 0.05) is 25.3 Å². The van der Waals surface area contributed by atoms with Crippen LogP contribution in [-0.2, 0) is 0 Å². The number of carbonyl (C=O) groups is 1. The first kappa shape index (κ1) is 14.4. The molecule has 0 bridgehead atoms. The summed E-state index contributed by atoms with van der Waals surface area (Å²) in [5.41, 5.74) is 0. The molecule has 2 aromatic rings. The van der Waals surface area contributed by atoms with Crippen LogP contribution in [0.5, 0.6) is 5.75 Å². The van der Waals surface area contributed by atoms with E-state index in [4.69, 9.17) is 4.74 Å². The molecule has 1 aliphatic rings. The molecule has 1 N–H and O–H groups in total. The number of piperidine rings is 1. The predicted molar refractivity (Wildman–Crippen MR) is 84.9 cm³/mol. The van der Waals surface area contributed by atoms with E-state index < -0.39 is 0 Å². The third-order valence-electron chi connectivity index (χ3n) is 3.64. The summed E-state index contributed by atoms with van der Waals surface area (Å²) in [6.45, 7) is 1.36. The van der Waals surface area contributed by atoms with Crippen LogP contribution in [-0.4, -0.2) is 35.1 Å². The molecular weight excluding hydrogens is 278 g/mol. The van der Waals surface area contributed by atoms with Gasteiger partial charge in [-0.2, -0.15) is 0 Å². The molecule has 1 saturated heterocycles. The number of aromatic nitrogens is 1. The van der Waals surface area contributed by atoms with E-state index in [9.17, 15) is 4.79 Å². The summed E-state index contributed by atoms with van der Waals surface area (Å²) in [6.07, 6.45) is 3.44. The van der Waals surface area contributed by atoms with E-state index in [-0.39, 0.29) is 12.1 Å². The fourth-order valence-electron chi connectivity index (χ4n) is 2.57. The third-order valence-corrected chi connectivity index (χ3v) is 3.64. The molecule has 0 spiro atoms. The first-order valence-corrected chi connectivity index (χ1v) is 7.50. The molecular formula is C17H19N3O2. The molecule has 114 valence electrons.